The van der Waals surface area contributed by atoms with Crippen LogP contribution in [0.4, 0.5) is 24.5 Å². The Bertz CT molecular complexity index is 1240. The highest BCUT2D eigenvalue weighted by Gasteiger charge is 2.22. The molecule has 0 atom stereocenters. The van der Waals surface area contributed by atoms with Crippen molar-refractivity contribution in [2.75, 3.05) is 11.1 Å². The van der Waals surface area contributed by atoms with E-state index in [1.54, 1.807) is 18.5 Å². The van der Waals surface area contributed by atoms with Crippen LogP contribution in [0, 0.1) is 17.5 Å². The predicted octanol–water partition coefficient (Wildman–Crippen LogP) is 4.52. The van der Waals surface area contributed by atoms with Gasteiger partial charge in [0.1, 0.15) is 28.8 Å². The first-order valence-corrected chi connectivity index (χ1v) is 8.90. The average Bonchev–Trinajstić information content (AvgIpc) is 3.24. The third kappa shape index (κ3) is 4.04. The van der Waals surface area contributed by atoms with Crippen LogP contribution in [-0.2, 0) is 0 Å². The Morgan fingerprint density at radius 1 is 1.10 bits per heavy atom. The molecule has 10 heteroatoms. The number of hydrogen-bond acceptors (Lipinski definition) is 5. The predicted molar refractivity (Wildman–Crippen MR) is 107 cm³/mol. The lowest BCUT2D eigenvalue weighted by Crippen LogP contribution is -2.18. The summed E-state index contributed by atoms with van der Waals surface area (Å²) in [7, 11) is 0. The second-order valence-corrected chi connectivity index (χ2v) is 6.33. The number of aromatic nitrogens is 3. The number of amides is 1. The number of nitrogens with zero attached hydrogens (tertiary/aromatic N) is 2. The number of aromatic amines is 1. The summed E-state index contributed by atoms with van der Waals surface area (Å²) in [4.78, 5) is 23.4. The molecule has 0 saturated carbocycles. The maximum Gasteiger partial charge on any atom is 0.276 e. The van der Waals surface area contributed by atoms with Crippen LogP contribution in [0.1, 0.15) is 10.5 Å². The first-order chi connectivity index (χ1) is 14.9. The summed E-state index contributed by atoms with van der Waals surface area (Å²) in [6, 6.07) is 7.01. The second kappa shape index (κ2) is 8.19. The molecule has 3 heterocycles. The van der Waals surface area contributed by atoms with Crippen LogP contribution in [0.5, 0.6) is 11.5 Å². The molecule has 0 spiro atoms. The van der Waals surface area contributed by atoms with Gasteiger partial charge in [-0.1, -0.05) is 6.07 Å². The Labute approximate surface area is 173 Å². The SMILES string of the molecule is Nc1cc(F)c(-c2c(F)cccc2F)nc1C(=O)Nc1cnccc1Oc1cc[nH]c1. The first kappa shape index (κ1) is 20.0. The number of ether oxygens (including phenoxy) is 1. The average molecular weight is 425 g/mol. The molecule has 1 amide bonds. The molecule has 0 fully saturated rings. The van der Waals surface area contributed by atoms with Crippen LogP contribution in [-0.4, -0.2) is 20.9 Å². The van der Waals surface area contributed by atoms with Gasteiger partial charge in [0.25, 0.3) is 5.91 Å². The Morgan fingerprint density at radius 2 is 1.87 bits per heavy atom. The van der Waals surface area contributed by atoms with Crippen LogP contribution >= 0.6 is 0 Å². The van der Waals surface area contributed by atoms with E-state index in [0.717, 1.165) is 24.3 Å². The molecule has 1 aromatic carbocycles. The molecule has 156 valence electrons. The van der Waals surface area contributed by atoms with Crippen molar-refractivity contribution in [2.24, 2.45) is 0 Å². The molecule has 0 aliphatic carbocycles. The number of nitrogens with two attached hydrogens (primary N) is 1. The number of halogens is 3. The molecule has 3 aromatic heterocycles. The smallest absolute Gasteiger partial charge is 0.276 e. The zero-order chi connectivity index (χ0) is 22.0. The number of carbonyl (C=O) groups is 1. The highest BCUT2D eigenvalue weighted by atomic mass is 19.1. The van der Waals surface area contributed by atoms with E-state index in [4.69, 9.17) is 10.5 Å². The lowest BCUT2D eigenvalue weighted by molar-refractivity contribution is 0.102. The Kier molecular flexibility index (Phi) is 5.27. The van der Waals surface area contributed by atoms with Gasteiger partial charge in [0, 0.05) is 30.7 Å². The third-order valence-electron chi connectivity index (χ3n) is 4.25. The Morgan fingerprint density at radius 3 is 2.58 bits per heavy atom. The van der Waals surface area contributed by atoms with Gasteiger partial charge in [-0.05, 0) is 18.2 Å². The summed E-state index contributed by atoms with van der Waals surface area (Å²) in [6.07, 6.45) is 6.04. The van der Waals surface area contributed by atoms with E-state index in [-0.39, 0.29) is 17.1 Å². The molecule has 4 rings (SSSR count). The standard InChI is InChI=1S/C21H14F3N5O2/c22-12-2-1-3-13(23)18(12)19-14(24)8-15(25)20(29-19)21(30)28-16-10-27-7-5-17(16)31-11-4-6-26-9-11/h1-10,26H,25H2,(H,28,30). The van der Waals surface area contributed by atoms with Crippen molar-refractivity contribution in [1.82, 2.24) is 15.0 Å². The molecule has 0 aliphatic heterocycles. The normalized spacial score (nSPS) is 10.7. The van der Waals surface area contributed by atoms with E-state index in [1.165, 1.54) is 18.5 Å². The van der Waals surface area contributed by atoms with Crippen LogP contribution in [0.25, 0.3) is 11.3 Å². The molecular weight excluding hydrogens is 411 g/mol. The first-order valence-electron chi connectivity index (χ1n) is 8.90. The lowest BCUT2D eigenvalue weighted by atomic mass is 10.1. The molecule has 0 saturated heterocycles. The molecule has 4 N–H and O–H groups in total. The minimum absolute atomic E-state index is 0.179. The minimum atomic E-state index is -1.07. The van der Waals surface area contributed by atoms with E-state index in [9.17, 15) is 18.0 Å². The van der Waals surface area contributed by atoms with Gasteiger partial charge in [-0.2, -0.15) is 0 Å². The van der Waals surface area contributed by atoms with E-state index >= 15 is 0 Å². The van der Waals surface area contributed by atoms with Crippen molar-refractivity contribution in [3.8, 4) is 22.8 Å². The van der Waals surface area contributed by atoms with Gasteiger partial charge in [0.05, 0.1) is 17.4 Å². The van der Waals surface area contributed by atoms with Gasteiger partial charge in [-0.25, -0.2) is 18.2 Å². The summed E-state index contributed by atoms with van der Waals surface area (Å²) in [5.74, 6) is -3.23. The Hall–Kier alpha value is -4.34. The van der Waals surface area contributed by atoms with Crippen molar-refractivity contribution >= 4 is 17.3 Å². The highest BCUT2D eigenvalue weighted by Crippen LogP contribution is 2.31. The number of rotatable bonds is 5. The van der Waals surface area contributed by atoms with Crippen LogP contribution in [0.3, 0.4) is 0 Å². The molecule has 0 unspecified atom stereocenters. The third-order valence-corrected chi connectivity index (χ3v) is 4.25. The zero-order valence-electron chi connectivity index (χ0n) is 15.7. The van der Waals surface area contributed by atoms with E-state index in [2.05, 4.69) is 20.3 Å². The number of hydrogen-bond donors (Lipinski definition) is 3. The molecule has 4 aromatic rings. The largest absolute Gasteiger partial charge is 0.453 e. The maximum absolute atomic E-state index is 14.4. The monoisotopic (exact) mass is 425 g/mol. The molecule has 0 bridgehead atoms. The van der Waals surface area contributed by atoms with Crippen LogP contribution < -0.4 is 15.8 Å². The van der Waals surface area contributed by atoms with Crippen molar-refractivity contribution < 1.29 is 22.7 Å². The summed E-state index contributed by atoms with van der Waals surface area (Å²) in [5.41, 5.74) is 3.81. The number of anilines is 2. The fourth-order valence-corrected chi connectivity index (χ4v) is 2.83. The van der Waals surface area contributed by atoms with Crippen molar-refractivity contribution in [2.45, 2.75) is 0 Å². The molecule has 7 nitrogen and oxygen atoms in total. The van der Waals surface area contributed by atoms with Gasteiger partial charge in [-0.3, -0.25) is 9.78 Å². The summed E-state index contributed by atoms with van der Waals surface area (Å²) in [5, 5.41) is 2.52. The van der Waals surface area contributed by atoms with Crippen LogP contribution in [0.15, 0.2) is 61.2 Å². The quantitative estimate of drug-likeness (QED) is 0.436. The number of H-pyrrole nitrogens is 1. The second-order valence-electron chi connectivity index (χ2n) is 6.33. The fourth-order valence-electron chi connectivity index (χ4n) is 2.83. The Balaban J connectivity index is 1.69. The summed E-state index contributed by atoms with van der Waals surface area (Å²) in [6.45, 7) is 0. The van der Waals surface area contributed by atoms with Gasteiger partial charge < -0.3 is 20.8 Å². The van der Waals surface area contributed by atoms with Gasteiger partial charge in [-0.15, -0.1) is 0 Å². The molecule has 0 radical (unpaired) electrons. The van der Waals surface area contributed by atoms with Crippen molar-refractivity contribution in [3.05, 3.63) is 84.3 Å². The minimum Gasteiger partial charge on any atom is -0.453 e. The highest BCUT2D eigenvalue weighted by molar-refractivity contribution is 6.07. The fraction of sp³-hybridized carbons (Fsp3) is 0. The number of nitrogens with one attached hydrogen (secondary N) is 2. The topological polar surface area (TPSA) is 106 Å². The zero-order valence-corrected chi connectivity index (χ0v) is 15.7. The lowest BCUT2D eigenvalue weighted by Gasteiger charge is -2.13. The van der Waals surface area contributed by atoms with E-state index in [0.29, 0.717) is 5.75 Å². The van der Waals surface area contributed by atoms with E-state index in [1.807, 2.05) is 0 Å². The summed E-state index contributed by atoms with van der Waals surface area (Å²) < 4.78 is 48.3. The molecule has 0 aliphatic rings. The number of nitrogen functional groups attached to an aromatic ring is 1. The van der Waals surface area contributed by atoms with E-state index < -0.39 is 40.3 Å². The van der Waals surface area contributed by atoms with Crippen molar-refractivity contribution in [1.29, 1.82) is 0 Å². The van der Waals surface area contributed by atoms with Gasteiger partial charge in [0.2, 0.25) is 0 Å². The maximum atomic E-state index is 14.4. The summed E-state index contributed by atoms with van der Waals surface area (Å²) >= 11 is 0. The van der Waals surface area contributed by atoms with Crippen molar-refractivity contribution in [3.63, 3.8) is 0 Å². The molecule has 31 heavy (non-hydrogen) atoms. The number of benzene rings is 1. The van der Waals surface area contributed by atoms with Gasteiger partial charge in [0.15, 0.2) is 17.3 Å². The number of pyridine rings is 2. The molecular formula is C21H14F3N5O2. The van der Waals surface area contributed by atoms with Gasteiger partial charge >= 0.3 is 0 Å². The number of carbonyl (C=O) groups excluding carboxylic acids is 1. The van der Waals surface area contributed by atoms with Crippen LogP contribution in [0.2, 0.25) is 0 Å².